The lowest BCUT2D eigenvalue weighted by Gasteiger charge is -2.12. The van der Waals surface area contributed by atoms with Crippen molar-refractivity contribution in [1.82, 2.24) is 20.4 Å². The number of hydrogen-bond donors (Lipinski definition) is 2. The molecule has 5 heteroatoms. The van der Waals surface area contributed by atoms with Gasteiger partial charge >= 0.3 is 0 Å². The molecule has 1 fully saturated rings. The lowest BCUT2D eigenvalue weighted by Crippen LogP contribution is -2.23. The highest BCUT2D eigenvalue weighted by molar-refractivity contribution is 5.94. The largest absolute Gasteiger partial charge is 0.345 e. The Morgan fingerprint density at radius 1 is 1.60 bits per heavy atom. The molecule has 1 amide bonds. The van der Waals surface area contributed by atoms with Gasteiger partial charge in [0.15, 0.2) is 0 Å². The molecule has 5 nitrogen and oxygen atoms in total. The molecule has 2 N–H and O–H groups in total. The molecule has 1 unspecified atom stereocenters. The Morgan fingerprint density at radius 2 is 2.40 bits per heavy atom. The summed E-state index contributed by atoms with van der Waals surface area (Å²) in [6.07, 6.45) is 2.69. The van der Waals surface area contributed by atoms with Crippen LogP contribution in [0, 0.1) is 0 Å². The van der Waals surface area contributed by atoms with Gasteiger partial charge in [-0.25, -0.2) is 0 Å². The molecule has 0 aromatic carbocycles. The molecule has 1 aliphatic heterocycles. The molecule has 0 radical (unpaired) electrons. The Hall–Kier alpha value is -1.36. The number of nitrogens with one attached hydrogen (secondary N) is 2. The Balaban J connectivity index is 2.25. The average Bonchev–Trinajstić information content (AvgIpc) is 2.86. The average molecular weight is 208 g/mol. The SMILES string of the molecule is CN(C)C(=O)c1cn[nH]c1C1CCNC1. The third-order valence-electron chi connectivity index (χ3n) is 2.77. The van der Waals surface area contributed by atoms with Crippen molar-refractivity contribution >= 4 is 5.91 Å². The first-order valence-electron chi connectivity index (χ1n) is 5.15. The highest BCUT2D eigenvalue weighted by Gasteiger charge is 2.24. The van der Waals surface area contributed by atoms with E-state index in [2.05, 4.69) is 15.5 Å². The second-order valence-corrected chi connectivity index (χ2v) is 4.09. The normalized spacial score (nSPS) is 20.5. The van der Waals surface area contributed by atoms with Crippen LogP contribution < -0.4 is 5.32 Å². The fourth-order valence-corrected chi connectivity index (χ4v) is 1.92. The number of aromatic nitrogens is 2. The van der Waals surface area contributed by atoms with E-state index in [-0.39, 0.29) is 5.91 Å². The van der Waals surface area contributed by atoms with Gasteiger partial charge in [-0.3, -0.25) is 9.89 Å². The highest BCUT2D eigenvalue weighted by Crippen LogP contribution is 2.23. The van der Waals surface area contributed by atoms with Crippen LogP contribution in [-0.4, -0.2) is 48.2 Å². The van der Waals surface area contributed by atoms with E-state index >= 15 is 0 Å². The summed E-state index contributed by atoms with van der Waals surface area (Å²) >= 11 is 0. The quantitative estimate of drug-likeness (QED) is 0.729. The zero-order chi connectivity index (χ0) is 10.8. The molecular formula is C10H16N4O. The number of amides is 1. The molecule has 15 heavy (non-hydrogen) atoms. The van der Waals surface area contributed by atoms with Gasteiger partial charge in [0.2, 0.25) is 0 Å². The van der Waals surface area contributed by atoms with Crippen molar-refractivity contribution in [2.24, 2.45) is 0 Å². The van der Waals surface area contributed by atoms with Crippen molar-refractivity contribution in [2.75, 3.05) is 27.2 Å². The molecule has 1 saturated heterocycles. The monoisotopic (exact) mass is 208 g/mol. The highest BCUT2D eigenvalue weighted by atomic mass is 16.2. The minimum atomic E-state index is 0.0191. The van der Waals surface area contributed by atoms with Gasteiger partial charge in [0.1, 0.15) is 0 Å². The Kier molecular flexibility index (Phi) is 2.73. The number of carbonyl (C=O) groups is 1. The van der Waals surface area contributed by atoms with E-state index in [1.165, 1.54) is 0 Å². The van der Waals surface area contributed by atoms with Crippen LogP contribution in [0.15, 0.2) is 6.20 Å². The smallest absolute Gasteiger partial charge is 0.256 e. The van der Waals surface area contributed by atoms with E-state index in [0.29, 0.717) is 11.5 Å². The van der Waals surface area contributed by atoms with Gasteiger partial charge < -0.3 is 10.2 Å². The second-order valence-electron chi connectivity index (χ2n) is 4.09. The second kappa shape index (κ2) is 4.02. The molecule has 0 saturated carbocycles. The summed E-state index contributed by atoms with van der Waals surface area (Å²) < 4.78 is 0. The predicted octanol–water partition coefficient (Wildman–Crippen LogP) is 0.188. The maximum Gasteiger partial charge on any atom is 0.256 e. The minimum Gasteiger partial charge on any atom is -0.345 e. The number of nitrogens with zero attached hydrogens (tertiary/aromatic N) is 2. The van der Waals surface area contributed by atoms with Crippen LogP contribution in [0.25, 0.3) is 0 Å². The molecule has 0 aliphatic carbocycles. The lowest BCUT2D eigenvalue weighted by atomic mass is 10.0. The van der Waals surface area contributed by atoms with Crippen LogP contribution >= 0.6 is 0 Å². The van der Waals surface area contributed by atoms with E-state index in [9.17, 15) is 4.79 Å². The summed E-state index contributed by atoms with van der Waals surface area (Å²) in [4.78, 5) is 13.4. The first-order chi connectivity index (χ1) is 7.20. The topological polar surface area (TPSA) is 61.0 Å². The van der Waals surface area contributed by atoms with Crippen molar-refractivity contribution in [1.29, 1.82) is 0 Å². The van der Waals surface area contributed by atoms with Gasteiger partial charge in [-0.05, 0) is 13.0 Å². The van der Waals surface area contributed by atoms with Crippen LogP contribution in [0.5, 0.6) is 0 Å². The fourth-order valence-electron chi connectivity index (χ4n) is 1.92. The Labute approximate surface area is 88.8 Å². The van der Waals surface area contributed by atoms with Gasteiger partial charge in [-0.15, -0.1) is 0 Å². The lowest BCUT2D eigenvalue weighted by molar-refractivity contribution is 0.0826. The zero-order valence-electron chi connectivity index (χ0n) is 9.08. The summed E-state index contributed by atoms with van der Waals surface area (Å²) in [6, 6.07) is 0. The molecule has 1 aromatic heterocycles. The van der Waals surface area contributed by atoms with Crippen molar-refractivity contribution < 1.29 is 4.79 Å². The van der Waals surface area contributed by atoms with Gasteiger partial charge in [-0.1, -0.05) is 0 Å². The number of H-pyrrole nitrogens is 1. The summed E-state index contributed by atoms with van der Waals surface area (Å²) in [7, 11) is 3.51. The van der Waals surface area contributed by atoms with Crippen molar-refractivity contribution in [3.05, 3.63) is 17.5 Å². The predicted molar refractivity (Wildman–Crippen MR) is 56.8 cm³/mol. The van der Waals surface area contributed by atoms with Gasteiger partial charge in [0.05, 0.1) is 17.5 Å². The van der Waals surface area contributed by atoms with Crippen LogP contribution in [-0.2, 0) is 0 Å². The fraction of sp³-hybridized carbons (Fsp3) is 0.600. The zero-order valence-corrected chi connectivity index (χ0v) is 9.08. The van der Waals surface area contributed by atoms with Gasteiger partial charge in [0.25, 0.3) is 5.91 Å². The first-order valence-corrected chi connectivity index (χ1v) is 5.15. The number of carbonyl (C=O) groups excluding carboxylic acids is 1. The van der Waals surface area contributed by atoms with Crippen LogP contribution in [0.1, 0.15) is 28.4 Å². The van der Waals surface area contributed by atoms with Crippen LogP contribution in [0.2, 0.25) is 0 Å². The Bertz CT molecular complexity index is 352. The molecule has 0 bridgehead atoms. The van der Waals surface area contributed by atoms with E-state index in [1.807, 2.05) is 0 Å². The number of hydrogen-bond acceptors (Lipinski definition) is 3. The van der Waals surface area contributed by atoms with Crippen molar-refractivity contribution in [3.8, 4) is 0 Å². The van der Waals surface area contributed by atoms with Crippen LogP contribution in [0.4, 0.5) is 0 Å². The minimum absolute atomic E-state index is 0.0191. The van der Waals surface area contributed by atoms with Gasteiger partial charge in [-0.2, -0.15) is 5.10 Å². The van der Waals surface area contributed by atoms with Crippen molar-refractivity contribution in [3.63, 3.8) is 0 Å². The number of rotatable bonds is 2. The molecule has 82 valence electrons. The van der Waals surface area contributed by atoms with E-state index in [1.54, 1.807) is 25.2 Å². The summed E-state index contributed by atoms with van der Waals surface area (Å²) in [6.45, 7) is 1.94. The molecule has 1 aromatic rings. The third kappa shape index (κ3) is 1.87. The van der Waals surface area contributed by atoms with E-state index < -0.39 is 0 Å². The molecule has 1 atom stereocenters. The molecule has 0 spiro atoms. The third-order valence-corrected chi connectivity index (χ3v) is 2.77. The summed E-state index contributed by atoms with van der Waals surface area (Å²) in [5.74, 6) is 0.414. The molecule has 2 rings (SSSR count). The van der Waals surface area contributed by atoms with E-state index in [0.717, 1.165) is 25.2 Å². The number of aromatic amines is 1. The summed E-state index contributed by atoms with van der Waals surface area (Å²) in [5.41, 5.74) is 1.67. The van der Waals surface area contributed by atoms with Crippen LogP contribution in [0.3, 0.4) is 0 Å². The standard InChI is InChI=1S/C10H16N4O/c1-14(2)10(15)8-6-12-13-9(8)7-3-4-11-5-7/h6-7,11H,3-5H2,1-2H3,(H,12,13). The molecule has 2 heterocycles. The molecular weight excluding hydrogens is 192 g/mol. The van der Waals surface area contributed by atoms with E-state index in [4.69, 9.17) is 0 Å². The first kappa shape index (κ1) is 10.2. The van der Waals surface area contributed by atoms with Crippen molar-refractivity contribution in [2.45, 2.75) is 12.3 Å². The maximum absolute atomic E-state index is 11.8. The Morgan fingerprint density at radius 3 is 3.00 bits per heavy atom. The van der Waals surface area contributed by atoms with Gasteiger partial charge in [0, 0.05) is 26.6 Å². The molecule has 1 aliphatic rings. The summed E-state index contributed by atoms with van der Waals surface area (Å²) in [5, 5.41) is 10.2. The maximum atomic E-state index is 11.8.